The van der Waals surface area contributed by atoms with E-state index in [1.54, 1.807) is 13.1 Å². The van der Waals surface area contributed by atoms with Gasteiger partial charge in [0.25, 0.3) is 5.91 Å². The van der Waals surface area contributed by atoms with E-state index in [1.807, 2.05) is 9.80 Å². The summed E-state index contributed by atoms with van der Waals surface area (Å²) < 4.78 is 47.0. The molecule has 2 aliphatic heterocycles. The summed E-state index contributed by atoms with van der Waals surface area (Å²) in [5.74, 6) is 0.634. The van der Waals surface area contributed by atoms with Crippen LogP contribution in [-0.4, -0.2) is 85.4 Å². The first kappa shape index (κ1) is 22.1. The van der Waals surface area contributed by atoms with Gasteiger partial charge in [0.1, 0.15) is 6.10 Å². The zero-order valence-corrected chi connectivity index (χ0v) is 16.8. The lowest BCUT2D eigenvalue weighted by molar-refractivity contribution is -0.154. The Morgan fingerprint density at radius 3 is 2.70 bits per heavy atom. The maximum atomic E-state index is 12.5. The molecule has 0 aromatic carbocycles. The second-order valence-electron chi connectivity index (χ2n) is 7.12. The average molecular weight is 429 g/mol. The van der Waals surface area contributed by atoms with Crippen LogP contribution in [-0.2, 0) is 16.1 Å². The molecule has 1 aromatic rings. The number of rotatable bonds is 5. The Labute approximate surface area is 173 Å². The molecule has 1 aromatic heterocycles. The summed E-state index contributed by atoms with van der Waals surface area (Å²) in [6.07, 6.45) is -1.62. The van der Waals surface area contributed by atoms with Crippen molar-refractivity contribution >= 4 is 11.9 Å². The van der Waals surface area contributed by atoms with Crippen molar-refractivity contribution in [3.63, 3.8) is 0 Å². The minimum Gasteiger partial charge on any atom is -0.468 e. The molecule has 1 atom stereocenters. The third-order valence-corrected chi connectivity index (χ3v) is 4.94. The van der Waals surface area contributed by atoms with E-state index in [0.717, 1.165) is 18.4 Å². The number of guanidine groups is 1. The van der Waals surface area contributed by atoms with Gasteiger partial charge in [0, 0.05) is 58.6 Å². The van der Waals surface area contributed by atoms with Crippen LogP contribution < -0.4 is 10.1 Å². The van der Waals surface area contributed by atoms with E-state index in [4.69, 9.17) is 4.74 Å². The molecule has 0 bridgehead atoms. The molecule has 0 saturated carbocycles. The average Bonchev–Trinajstić information content (AvgIpc) is 3.27. The van der Waals surface area contributed by atoms with Crippen LogP contribution >= 0.6 is 0 Å². The molecule has 0 spiro atoms. The van der Waals surface area contributed by atoms with Gasteiger partial charge in [0.2, 0.25) is 5.88 Å². The maximum Gasteiger partial charge on any atom is 0.422 e. The lowest BCUT2D eigenvalue weighted by atomic mass is 10.2. The molecule has 11 heteroatoms. The molecule has 1 unspecified atom stereocenters. The fourth-order valence-corrected chi connectivity index (χ4v) is 3.42. The summed E-state index contributed by atoms with van der Waals surface area (Å²) in [7, 11) is 1.66. The summed E-state index contributed by atoms with van der Waals surface area (Å²) in [6.45, 7) is 2.06. The number of ether oxygens (including phenoxy) is 2. The molecule has 3 rings (SSSR count). The number of aliphatic imine (C=N–C) groups is 1. The number of carbonyl (C=O) groups excluding carboxylic acids is 1. The largest absolute Gasteiger partial charge is 0.468 e. The summed E-state index contributed by atoms with van der Waals surface area (Å²) in [4.78, 5) is 24.4. The van der Waals surface area contributed by atoms with E-state index in [2.05, 4.69) is 20.0 Å². The SMILES string of the molecule is CN=C(NCc1ccnc(OCC(F)(F)F)c1)N1CCN(C(=O)C2CCCO2)CC1. The molecule has 8 nitrogen and oxygen atoms in total. The summed E-state index contributed by atoms with van der Waals surface area (Å²) in [6, 6.07) is 3.16. The third kappa shape index (κ3) is 6.22. The van der Waals surface area contributed by atoms with Crippen LogP contribution in [0, 0.1) is 0 Å². The number of nitrogens with zero attached hydrogens (tertiary/aromatic N) is 4. The molecular formula is C19H26F3N5O3. The van der Waals surface area contributed by atoms with E-state index in [9.17, 15) is 18.0 Å². The lowest BCUT2D eigenvalue weighted by Gasteiger charge is -2.37. The third-order valence-electron chi connectivity index (χ3n) is 4.94. The molecule has 0 radical (unpaired) electrons. The molecule has 2 fully saturated rings. The second kappa shape index (κ2) is 9.96. The minimum absolute atomic E-state index is 0.0540. The normalized spacial score (nSPS) is 20.4. The maximum absolute atomic E-state index is 12.5. The summed E-state index contributed by atoms with van der Waals surface area (Å²) >= 11 is 0. The van der Waals surface area contributed by atoms with Crippen LogP contribution in [0.5, 0.6) is 5.88 Å². The fourth-order valence-electron chi connectivity index (χ4n) is 3.42. The van der Waals surface area contributed by atoms with Gasteiger partial charge in [0.05, 0.1) is 0 Å². The smallest absolute Gasteiger partial charge is 0.422 e. The Bertz CT molecular complexity index is 745. The van der Waals surface area contributed by atoms with Crippen molar-refractivity contribution in [1.29, 1.82) is 0 Å². The number of hydrogen-bond donors (Lipinski definition) is 1. The molecule has 1 amide bonds. The Balaban J connectivity index is 1.48. The van der Waals surface area contributed by atoms with Gasteiger partial charge in [-0.3, -0.25) is 9.79 Å². The number of hydrogen-bond acceptors (Lipinski definition) is 5. The van der Waals surface area contributed by atoms with Crippen LogP contribution in [0.3, 0.4) is 0 Å². The number of carbonyl (C=O) groups is 1. The number of pyridine rings is 1. The molecule has 3 heterocycles. The van der Waals surface area contributed by atoms with Crippen molar-refractivity contribution in [1.82, 2.24) is 20.1 Å². The first-order valence-electron chi connectivity index (χ1n) is 9.86. The van der Waals surface area contributed by atoms with Crippen LogP contribution in [0.25, 0.3) is 0 Å². The van der Waals surface area contributed by atoms with Crippen molar-refractivity contribution in [2.24, 2.45) is 4.99 Å². The fraction of sp³-hybridized carbons (Fsp3) is 0.632. The van der Waals surface area contributed by atoms with Gasteiger partial charge in [-0.1, -0.05) is 0 Å². The molecule has 166 valence electrons. The van der Waals surface area contributed by atoms with E-state index >= 15 is 0 Å². The second-order valence-corrected chi connectivity index (χ2v) is 7.12. The van der Waals surface area contributed by atoms with Gasteiger partial charge in [-0.25, -0.2) is 4.98 Å². The quantitative estimate of drug-likeness (QED) is 0.564. The van der Waals surface area contributed by atoms with E-state index < -0.39 is 12.8 Å². The van der Waals surface area contributed by atoms with E-state index in [1.165, 1.54) is 12.3 Å². The van der Waals surface area contributed by atoms with Crippen LogP contribution in [0.15, 0.2) is 23.3 Å². The van der Waals surface area contributed by atoms with Gasteiger partial charge in [-0.2, -0.15) is 13.2 Å². The molecular weight excluding hydrogens is 403 g/mol. The van der Waals surface area contributed by atoms with Gasteiger partial charge >= 0.3 is 6.18 Å². The van der Waals surface area contributed by atoms with Crippen molar-refractivity contribution in [3.05, 3.63) is 23.9 Å². The molecule has 30 heavy (non-hydrogen) atoms. The zero-order valence-electron chi connectivity index (χ0n) is 16.8. The van der Waals surface area contributed by atoms with Crippen LogP contribution in [0.4, 0.5) is 13.2 Å². The van der Waals surface area contributed by atoms with Gasteiger partial charge in [0.15, 0.2) is 12.6 Å². The van der Waals surface area contributed by atoms with Gasteiger partial charge in [-0.15, -0.1) is 0 Å². The first-order chi connectivity index (χ1) is 14.4. The summed E-state index contributed by atoms with van der Waals surface area (Å²) in [5.41, 5.74) is 0.718. The Morgan fingerprint density at radius 2 is 2.07 bits per heavy atom. The number of amides is 1. The molecule has 0 aliphatic carbocycles. The predicted molar refractivity (Wildman–Crippen MR) is 103 cm³/mol. The van der Waals surface area contributed by atoms with Crippen molar-refractivity contribution < 1.29 is 27.4 Å². The highest BCUT2D eigenvalue weighted by Crippen LogP contribution is 2.18. The van der Waals surface area contributed by atoms with Gasteiger partial charge in [-0.05, 0) is 24.5 Å². The Hall–Kier alpha value is -2.56. The standard InChI is InChI=1S/C19H26F3N5O3/c1-23-18(25-12-14-4-5-24-16(11-14)30-13-19(20,21)22)27-8-6-26(7-9-27)17(28)15-3-2-10-29-15/h4-5,11,15H,2-3,6-10,12-13H2,1H3,(H,23,25). The monoisotopic (exact) mass is 429 g/mol. The highest BCUT2D eigenvalue weighted by molar-refractivity contribution is 5.82. The Morgan fingerprint density at radius 1 is 1.33 bits per heavy atom. The predicted octanol–water partition coefficient (Wildman–Crippen LogP) is 1.42. The number of piperazine rings is 1. The van der Waals surface area contributed by atoms with Crippen molar-refractivity contribution in [3.8, 4) is 5.88 Å². The minimum atomic E-state index is -4.41. The van der Waals surface area contributed by atoms with Crippen LogP contribution in [0.2, 0.25) is 0 Å². The number of aromatic nitrogens is 1. The lowest BCUT2D eigenvalue weighted by Crippen LogP contribution is -2.55. The molecule has 2 aliphatic rings. The highest BCUT2D eigenvalue weighted by atomic mass is 19.4. The van der Waals surface area contributed by atoms with Gasteiger partial charge < -0.3 is 24.6 Å². The van der Waals surface area contributed by atoms with Crippen molar-refractivity contribution in [2.45, 2.75) is 31.7 Å². The van der Waals surface area contributed by atoms with E-state index in [-0.39, 0.29) is 17.9 Å². The number of alkyl halides is 3. The zero-order chi connectivity index (χ0) is 21.6. The van der Waals surface area contributed by atoms with Crippen LogP contribution in [0.1, 0.15) is 18.4 Å². The first-order valence-corrected chi connectivity index (χ1v) is 9.86. The molecule has 1 N–H and O–H groups in total. The van der Waals surface area contributed by atoms with E-state index in [0.29, 0.717) is 45.3 Å². The highest BCUT2D eigenvalue weighted by Gasteiger charge is 2.31. The number of halogens is 3. The summed E-state index contributed by atoms with van der Waals surface area (Å²) in [5, 5.41) is 3.20. The number of nitrogens with one attached hydrogen (secondary N) is 1. The topological polar surface area (TPSA) is 79.3 Å². The molecule has 2 saturated heterocycles. The van der Waals surface area contributed by atoms with Crippen molar-refractivity contribution in [2.75, 3.05) is 46.4 Å². The Kier molecular flexibility index (Phi) is 7.35.